The molecule has 0 amide bonds. The number of halogens is 1. The Balaban J connectivity index is 1.55. The van der Waals surface area contributed by atoms with Crippen molar-refractivity contribution >= 4 is 28.4 Å². The van der Waals surface area contributed by atoms with E-state index in [-0.39, 0.29) is 25.1 Å². The van der Waals surface area contributed by atoms with Crippen LogP contribution in [-0.4, -0.2) is 54.0 Å². The summed E-state index contributed by atoms with van der Waals surface area (Å²) in [5, 5.41) is 9.73. The number of fused-ring (bicyclic) bond motifs is 6. The van der Waals surface area contributed by atoms with E-state index in [0.29, 0.717) is 40.7 Å². The van der Waals surface area contributed by atoms with Crippen LogP contribution in [0.2, 0.25) is 0 Å². The first-order valence-electron chi connectivity index (χ1n) is 10.1. The molecule has 4 atom stereocenters. The van der Waals surface area contributed by atoms with Crippen LogP contribution < -0.4 is 23.7 Å². The first-order valence-corrected chi connectivity index (χ1v) is 11.2. The zero-order valence-electron chi connectivity index (χ0n) is 17.4. The number of Topliss-reactive ketones (excluding diaryl/α,β-unsaturated/α-hetero) is 1. The molecule has 0 aromatic heterocycles. The van der Waals surface area contributed by atoms with Crippen molar-refractivity contribution in [1.82, 2.24) is 0 Å². The summed E-state index contributed by atoms with van der Waals surface area (Å²) >= 11 is 2.22. The first kappa shape index (κ1) is 20.7. The Kier molecular flexibility index (Phi) is 4.97. The second kappa shape index (κ2) is 7.44. The molecule has 8 heteroatoms. The summed E-state index contributed by atoms with van der Waals surface area (Å²) in [6.45, 7) is 2.20. The minimum absolute atomic E-state index is 0.00515. The van der Waals surface area contributed by atoms with Crippen LogP contribution in [-0.2, 0) is 6.42 Å². The fourth-order valence-electron chi connectivity index (χ4n) is 4.50. The van der Waals surface area contributed by atoms with Crippen LogP contribution in [0, 0.1) is 0 Å². The summed E-state index contributed by atoms with van der Waals surface area (Å²) in [5.41, 5.74) is 2.16. The van der Waals surface area contributed by atoms with Gasteiger partial charge in [0.15, 0.2) is 17.3 Å². The van der Waals surface area contributed by atoms with Crippen molar-refractivity contribution < 1.29 is 33.6 Å². The Bertz CT molecular complexity index is 1060. The fraction of sp³-hybridized carbons (Fsp3) is 0.435. The van der Waals surface area contributed by atoms with Crippen LogP contribution in [0.1, 0.15) is 34.3 Å². The van der Waals surface area contributed by atoms with Crippen molar-refractivity contribution in [2.45, 2.75) is 34.9 Å². The molecular formula is C23H23IO7. The molecule has 0 spiro atoms. The largest absolute Gasteiger partial charge is 0.493 e. The van der Waals surface area contributed by atoms with E-state index >= 15 is 0 Å². The van der Waals surface area contributed by atoms with Crippen LogP contribution in [0.25, 0.3) is 0 Å². The zero-order valence-corrected chi connectivity index (χ0v) is 19.6. The van der Waals surface area contributed by atoms with Gasteiger partial charge in [0.25, 0.3) is 0 Å². The Morgan fingerprint density at radius 3 is 2.61 bits per heavy atom. The third kappa shape index (κ3) is 3.14. The van der Waals surface area contributed by atoms with Gasteiger partial charge in [0.2, 0.25) is 0 Å². The molecule has 1 unspecified atom stereocenters. The van der Waals surface area contributed by atoms with Crippen molar-refractivity contribution in [1.29, 1.82) is 0 Å². The number of carbonyl (C=O) groups is 1. The predicted molar refractivity (Wildman–Crippen MR) is 121 cm³/mol. The van der Waals surface area contributed by atoms with E-state index in [1.54, 1.807) is 32.4 Å². The quantitative estimate of drug-likeness (QED) is 0.475. The molecular weight excluding hydrogens is 513 g/mol. The van der Waals surface area contributed by atoms with E-state index in [1.807, 2.05) is 13.0 Å². The molecule has 1 N–H and O–H groups in total. The molecule has 0 radical (unpaired) electrons. The number of alkyl halides is 1. The molecule has 0 aliphatic carbocycles. The highest BCUT2D eigenvalue weighted by molar-refractivity contribution is 14.1. The van der Waals surface area contributed by atoms with E-state index in [9.17, 15) is 9.90 Å². The number of rotatable bonds is 4. The molecule has 2 aromatic rings. The molecule has 3 aliphatic heterocycles. The van der Waals surface area contributed by atoms with Crippen LogP contribution in [0.4, 0.5) is 0 Å². The molecule has 5 rings (SSSR count). The van der Waals surface area contributed by atoms with Gasteiger partial charge >= 0.3 is 0 Å². The van der Waals surface area contributed by atoms with Crippen molar-refractivity contribution in [2.24, 2.45) is 0 Å². The van der Waals surface area contributed by atoms with Crippen LogP contribution in [0.15, 0.2) is 24.3 Å². The molecule has 0 saturated heterocycles. The molecule has 0 bridgehead atoms. The minimum Gasteiger partial charge on any atom is -0.493 e. The summed E-state index contributed by atoms with van der Waals surface area (Å²) in [7, 11) is 3.13. The Morgan fingerprint density at radius 2 is 1.90 bits per heavy atom. The number of methoxy groups -OCH3 is 2. The standard InChI is InChI=1S/C23H23IO7/c1-23(24,10-25)19-7-13-14(30-19)5-4-11-21(26)20-12-6-16(27-2)17(28-3)8-15(12)29-9-18(20)31-22(11)13/h4-6,8,18-20,25H,7,9-10H2,1-3H3/t18-,19?,20+,23+/m1/s1/i24-2. The van der Waals surface area contributed by atoms with Gasteiger partial charge in [-0.15, -0.1) is 0 Å². The van der Waals surface area contributed by atoms with Gasteiger partial charge in [0, 0.05) is 23.6 Å². The van der Waals surface area contributed by atoms with Crippen molar-refractivity contribution in [3.8, 4) is 28.7 Å². The second-order valence-electron chi connectivity index (χ2n) is 8.22. The predicted octanol–water partition coefficient (Wildman–Crippen LogP) is 3.31. The van der Waals surface area contributed by atoms with Crippen LogP contribution >= 0.6 is 22.6 Å². The minimum atomic E-state index is -0.487. The highest BCUT2D eigenvalue weighted by atomic mass is 125. The van der Waals surface area contributed by atoms with Gasteiger partial charge in [-0.05, 0) is 25.1 Å². The van der Waals surface area contributed by atoms with Crippen molar-refractivity contribution in [3.63, 3.8) is 0 Å². The number of ketones is 1. The monoisotopic (exact) mass is 536 g/mol. The third-order valence-corrected chi connectivity index (χ3v) is 7.34. The number of benzene rings is 2. The average molecular weight is 536 g/mol. The highest BCUT2D eigenvalue weighted by Crippen LogP contribution is 2.50. The molecule has 0 fully saturated rings. The lowest BCUT2D eigenvalue weighted by Gasteiger charge is -2.37. The average Bonchev–Trinajstić information content (AvgIpc) is 3.23. The molecule has 2 aromatic carbocycles. The van der Waals surface area contributed by atoms with E-state index in [4.69, 9.17) is 23.7 Å². The van der Waals surface area contributed by atoms with Gasteiger partial charge in [-0.3, -0.25) is 4.79 Å². The smallest absolute Gasteiger partial charge is 0.178 e. The summed E-state index contributed by atoms with van der Waals surface area (Å²) < 4.78 is 28.8. The van der Waals surface area contributed by atoms with E-state index in [2.05, 4.69) is 22.6 Å². The van der Waals surface area contributed by atoms with Crippen LogP contribution in [0.3, 0.4) is 0 Å². The van der Waals surface area contributed by atoms with Crippen molar-refractivity contribution in [3.05, 3.63) is 41.0 Å². The third-order valence-electron chi connectivity index (χ3n) is 6.30. The lowest BCUT2D eigenvalue weighted by Crippen LogP contribution is -2.43. The van der Waals surface area contributed by atoms with Gasteiger partial charge in [-0.1, -0.05) is 22.6 Å². The van der Waals surface area contributed by atoms with Crippen molar-refractivity contribution in [2.75, 3.05) is 27.4 Å². The maximum Gasteiger partial charge on any atom is 0.178 e. The SMILES string of the molecule is COc1cc2c(cc1OC)[C@@H]1C(=O)c3ccc4c(c3O[C@@H]1CO2)CC([C@@](C)([125I])CO)O4. The normalized spacial score (nSPS) is 24.9. The molecule has 31 heavy (non-hydrogen) atoms. The van der Waals surface area contributed by atoms with Gasteiger partial charge in [0.1, 0.15) is 36.1 Å². The Hall–Kier alpha value is -2.20. The maximum absolute atomic E-state index is 13.6. The maximum atomic E-state index is 13.6. The lowest BCUT2D eigenvalue weighted by molar-refractivity contribution is 0.0554. The molecule has 164 valence electrons. The Labute approximate surface area is 193 Å². The van der Waals surface area contributed by atoms with Gasteiger partial charge < -0.3 is 28.8 Å². The number of hydrogen-bond donors (Lipinski definition) is 1. The molecule has 3 aliphatic rings. The fourth-order valence-corrected chi connectivity index (χ4v) is 4.85. The second-order valence-corrected chi connectivity index (χ2v) is 10.7. The lowest BCUT2D eigenvalue weighted by atomic mass is 9.81. The number of ether oxygens (including phenoxy) is 5. The van der Waals surface area contributed by atoms with E-state index in [1.165, 1.54) is 0 Å². The topological polar surface area (TPSA) is 83.5 Å². The Morgan fingerprint density at radius 1 is 1.16 bits per heavy atom. The van der Waals surface area contributed by atoms with Gasteiger partial charge in [-0.25, -0.2) is 0 Å². The van der Waals surface area contributed by atoms with Crippen LogP contribution in [0.5, 0.6) is 28.7 Å². The van der Waals surface area contributed by atoms with Gasteiger partial charge in [0.05, 0.1) is 35.7 Å². The van der Waals surface area contributed by atoms with Gasteiger partial charge in [-0.2, -0.15) is 0 Å². The summed E-state index contributed by atoms with van der Waals surface area (Å²) in [6.07, 6.45) is -0.0675. The van der Waals surface area contributed by atoms with E-state index < -0.39 is 15.4 Å². The number of carbonyl (C=O) groups excluding carboxylic acids is 1. The number of hydrogen-bond acceptors (Lipinski definition) is 7. The molecule has 0 saturated carbocycles. The number of aliphatic hydroxyl groups is 1. The first-order chi connectivity index (χ1) is 14.9. The summed E-state index contributed by atoms with van der Waals surface area (Å²) in [6, 6.07) is 7.15. The number of aliphatic hydroxyl groups excluding tert-OH is 1. The zero-order chi connectivity index (χ0) is 21.9. The highest BCUT2D eigenvalue weighted by Gasteiger charge is 2.47. The summed E-state index contributed by atoms with van der Waals surface area (Å²) in [5.74, 6) is 2.48. The van der Waals surface area contributed by atoms with E-state index in [0.717, 1.165) is 11.1 Å². The summed E-state index contributed by atoms with van der Waals surface area (Å²) in [4.78, 5) is 13.6. The molecule has 7 nitrogen and oxygen atoms in total. The molecule has 3 heterocycles.